The normalized spacial score (nSPS) is 23.4. The maximum absolute atomic E-state index is 13.0. The smallest absolute Gasteiger partial charge is 0.229 e. The molecule has 0 aliphatic carbocycles. The van der Waals surface area contributed by atoms with E-state index in [0.29, 0.717) is 24.8 Å². The van der Waals surface area contributed by atoms with Crippen LogP contribution in [0, 0.1) is 19.8 Å². The number of aryl methyl sites for hydroxylation is 2. The van der Waals surface area contributed by atoms with Crippen LogP contribution in [-0.4, -0.2) is 50.1 Å². The SMILES string of the molecule is Cc1noc(C)c1CN1C(=O)[C@H]2CC[C@@H]1CN(Cc1noc(C(C)C)n1)C2. The van der Waals surface area contributed by atoms with Crippen molar-refractivity contribution in [2.75, 3.05) is 13.1 Å². The molecule has 3 aliphatic heterocycles. The van der Waals surface area contributed by atoms with Gasteiger partial charge in [0.15, 0.2) is 5.82 Å². The average Bonchev–Trinajstić information content (AvgIpc) is 3.11. The fraction of sp³-hybridized carbons (Fsp3) is 0.684. The van der Waals surface area contributed by atoms with Crippen LogP contribution in [0.1, 0.15) is 61.3 Å². The molecular formula is C19H27N5O3. The summed E-state index contributed by atoms with van der Waals surface area (Å²) in [6.07, 6.45) is 1.97. The molecule has 2 aromatic rings. The molecule has 2 atom stereocenters. The molecule has 3 saturated heterocycles. The van der Waals surface area contributed by atoms with Gasteiger partial charge in [-0.25, -0.2) is 0 Å². The van der Waals surface area contributed by atoms with E-state index in [-0.39, 0.29) is 23.8 Å². The van der Waals surface area contributed by atoms with Crippen LogP contribution in [-0.2, 0) is 17.9 Å². The summed E-state index contributed by atoms with van der Waals surface area (Å²) in [4.78, 5) is 21.9. The molecule has 1 amide bonds. The molecule has 0 unspecified atom stereocenters. The van der Waals surface area contributed by atoms with Crippen molar-refractivity contribution in [3.63, 3.8) is 0 Å². The summed E-state index contributed by atoms with van der Waals surface area (Å²) in [5.74, 6) is 2.65. The Morgan fingerprint density at radius 3 is 2.59 bits per heavy atom. The molecule has 27 heavy (non-hydrogen) atoms. The minimum absolute atomic E-state index is 0.0284. The van der Waals surface area contributed by atoms with Crippen molar-refractivity contribution in [2.45, 2.75) is 65.6 Å². The highest BCUT2D eigenvalue weighted by molar-refractivity contribution is 5.80. The van der Waals surface area contributed by atoms with Gasteiger partial charge in [-0.3, -0.25) is 9.69 Å². The van der Waals surface area contributed by atoms with E-state index in [9.17, 15) is 4.79 Å². The lowest BCUT2D eigenvalue weighted by Gasteiger charge is -2.36. The molecule has 3 aliphatic rings. The summed E-state index contributed by atoms with van der Waals surface area (Å²) in [6, 6.07) is 0.196. The Balaban J connectivity index is 1.50. The molecule has 0 saturated carbocycles. The van der Waals surface area contributed by atoms with Crippen LogP contribution >= 0.6 is 0 Å². The summed E-state index contributed by atoms with van der Waals surface area (Å²) in [7, 11) is 0. The van der Waals surface area contributed by atoms with Gasteiger partial charge in [-0.2, -0.15) is 4.98 Å². The van der Waals surface area contributed by atoms with E-state index in [1.54, 1.807) is 0 Å². The monoisotopic (exact) mass is 373 g/mol. The molecule has 0 spiro atoms. The summed E-state index contributed by atoms with van der Waals surface area (Å²) in [5, 5.41) is 8.14. The van der Waals surface area contributed by atoms with E-state index >= 15 is 0 Å². The standard InChI is InChI=1S/C19H27N5O3/c1-11(2)18-20-17(22-27-18)10-23-7-14-5-6-15(8-23)24(19(14)25)9-16-12(3)21-26-13(16)4/h11,14-15H,5-10H2,1-4H3/t14-,15+/m0/s1. The molecule has 8 heteroatoms. The Morgan fingerprint density at radius 1 is 1.11 bits per heavy atom. The van der Waals surface area contributed by atoms with Gasteiger partial charge in [0.2, 0.25) is 11.8 Å². The number of piperidine rings is 1. The van der Waals surface area contributed by atoms with Gasteiger partial charge in [0, 0.05) is 30.6 Å². The summed E-state index contributed by atoms with van der Waals surface area (Å²) in [5.41, 5.74) is 1.90. The number of amides is 1. The third-order valence-corrected chi connectivity index (χ3v) is 5.72. The van der Waals surface area contributed by atoms with Crippen molar-refractivity contribution in [2.24, 2.45) is 5.92 Å². The van der Waals surface area contributed by atoms with Crippen molar-refractivity contribution in [3.8, 4) is 0 Å². The maximum Gasteiger partial charge on any atom is 0.229 e. The van der Waals surface area contributed by atoms with Gasteiger partial charge in [-0.05, 0) is 26.7 Å². The molecule has 0 aromatic carbocycles. The predicted molar refractivity (Wildman–Crippen MR) is 96.7 cm³/mol. The van der Waals surface area contributed by atoms with Crippen molar-refractivity contribution in [1.29, 1.82) is 0 Å². The van der Waals surface area contributed by atoms with Crippen LogP contribution in [0.4, 0.5) is 0 Å². The van der Waals surface area contributed by atoms with Crippen molar-refractivity contribution in [1.82, 2.24) is 25.1 Å². The second-order valence-corrected chi connectivity index (χ2v) is 8.09. The molecule has 2 aromatic heterocycles. The first-order chi connectivity index (χ1) is 12.9. The fourth-order valence-corrected chi connectivity index (χ4v) is 4.13. The van der Waals surface area contributed by atoms with E-state index in [2.05, 4.69) is 20.2 Å². The zero-order valence-electron chi connectivity index (χ0n) is 16.4. The Kier molecular flexibility index (Phi) is 4.75. The van der Waals surface area contributed by atoms with E-state index in [4.69, 9.17) is 9.05 Å². The maximum atomic E-state index is 13.0. The van der Waals surface area contributed by atoms with Crippen LogP contribution in [0.5, 0.6) is 0 Å². The van der Waals surface area contributed by atoms with Gasteiger partial charge in [0.25, 0.3) is 0 Å². The molecule has 5 rings (SSSR count). The summed E-state index contributed by atoms with van der Waals surface area (Å²) in [6.45, 7) is 10.7. The highest BCUT2D eigenvalue weighted by Gasteiger charge is 2.41. The summed E-state index contributed by atoms with van der Waals surface area (Å²) < 4.78 is 10.6. The summed E-state index contributed by atoms with van der Waals surface area (Å²) >= 11 is 0. The van der Waals surface area contributed by atoms with Gasteiger partial charge in [0.05, 0.1) is 24.7 Å². The Hall–Kier alpha value is -2.22. The fourth-order valence-electron chi connectivity index (χ4n) is 4.13. The van der Waals surface area contributed by atoms with E-state index in [1.807, 2.05) is 32.6 Å². The van der Waals surface area contributed by atoms with Crippen LogP contribution in [0.25, 0.3) is 0 Å². The molecule has 146 valence electrons. The van der Waals surface area contributed by atoms with Crippen molar-refractivity contribution >= 4 is 5.91 Å². The number of rotatable bonds is 5. The van der Waals surface area contributed by atoms with E-state index in [0.717, 1.165) is 42.9 Å². The predicted octanol–water partition coefficient (Wildman–Crippen LogP) is 2.42. The van der Waals surface area contributed by atoms with Gasteiger partial charge in [-0.15, -0.1) is 0 Å². The number of carbonyl (C=O) groups is 1. The number of aromatic nitrogens is 3. The first-order valence-electron chi connectivity index (χ1n) is 9.69. The number of nitrogens with zero attached hydrogens (tertiary/aromatic N) is 5. The lowest BCUT2D eigenvalue weighted by molar-refractivity contribution is -0.140. The van der Waals surface area contributed by atoms with Crippen LogP contribution in [0.3, 0.4) is 0 Å². The number of hydrogen-bond donors (Lipinski definition) is 0. The van der Waals surface area contributed by atoms with Gasteiger partial charge in [-0.1, -0.05) is 24.2 Å². The molecule has 2 bridgehead atoms. The Bertz CT molecular complexity index is 808. The molecule has 5 heterocycles. The van der Waals surface area contributed by atoms with E-state index < -0.39 is 0 Å². The highest BCUT2D eigenvalue weighted by atomic mass is 16.5. The first kappa shape index (κ1) is 18.2. The molecule has 3 fully saturated rings. The number of fused-ring (bicyclic) bond motifs is 4. The topological polar surface area (TPSA) is 88.5 Å². The number of hydrogen-bond acceptors (Lipinski definition) is 7. The van der Waals surface area contributed by atoms with Gasteiger partial charge >= 0.3 is 0 Å². The lowest BCUT2D eigenvalue weighted by atomic mass is 9.93. The van der Waals surface area contributed by atoms with Crippen molar-refractivity contribution in [3.05, 3.63) is 28.7 Å². The third-order valence-electron chi connectivity index (χ3n) is 5.72. The lowest BCUT2D eigenvalue weighted by Crippen LogP contribution is -2.47. The molecular weight excluding hydrogens is 346 g/mol. The molecule has 0 radical (unpaired) electrons. The quantitative estimate of drug-likeness (QED) is 0.795. The third kappa shape index (κ3) is 3.50. The zero-order valence-corrected chi connectivity index (χ0v) is 16.4. The minimum Gasteiger partial charge on any atom is -0.361 e. The van der Waals surface area contributed by atoms with Crippen LogP contribution < -0.4 is 0 Å². The van der Waals surface area contributed by atoms with Crippen molar-refractivity contribution < 1.29 is 13.8 Å². The second-order valence-electron chi connectivity index (χ2n) is 8.09. The average molecular weight is 373 g/mol. The number of carbonyl (C=O) groups excluding carboxylic acids is 1. The van der Waals surface area contributed by atoms with Crippen LogP contribution in [0.15, 0.2) is 9.05 Å². The zero-order chi connectivity index (χ0) is 19.1. The largest absolute Gasteiger partial charge is 0.361 e. The first-order valence-corrected chi connectivity index (χ1v) is 9.69. The van der Waals surface area contributed by atoms with Gasteiger partial charge in [0.1, 0.15) is 5.76 Å². The molecule has 0 N–H and O–H groups in total. The van der Waals surface area contributed by atoms with E-state index in [1.165, 1.54) is 0 Å². The molecule has 8 nitrogen and oxygen atoms in total. The second kappa shape index (κ2) is 7.07. The van der Waals surface area contributed by atoms with Gasteiger partial charge < -0.3 is 13.9 Å². The van der Waals surface area contributed by atoms with Crippen LogP contribution in [0.2, 0.25) is 0 Å². The Morgan fingerprint density at radius 2 is 1.93 bits per heavy atom. The Labute approximate surface area is 158 Å². The highest BCUT2D eigenvalue weighted by Crippen LogP contribution is 2.32. The minimum atomic E-state index is 0.0284.